The number of ether oxygens (including phenoxy) is 1. The van der Waals surface area contributed by atoms with Gasteiger partial charge in [0.25, 0.3) is 5.91 Å². The summed E-state index contributed by atoms with van der Waals surface area (Å²) in [7, 11) is 1.64. The van der Waals surface area contributed by atoms with Gasteiger partial charge in [-0.05, 0) is 38.5 Å². The molecule has 1 amide bonds. The summed E-state index contributed by atoms with van der Waals surface area (Å²) in [5.41, 5.74) is 1.45. The summed E-state index contributed by atoms with van der Waals surface area (Å²) in [5, 5.41) is 8.11. The molecule has 0 radical (unpaired) electrons. The van der Waals surface area contributed by atoms with Crippen molar-refractivity contribution in [3.8, 4) is 0 Å². The molecule has 1 fully saturated rings. The smallest absolute Gasteiger partial charge is 0.277 e. The van der Waals surface area contributed by atoms with Crippen LogP contribution < -0.4 is 0 Å². The second-order valence-corrected chi connectivity index (χ2v) is 6.94. The number of nitrogens with zero attached hydrogens (tertiary/aromatic N) is 4. The van der Waals surface area contributed by atoms with E-state index in [-0.39, 0.29) is 11.9 Å². The fourth-order valence-electron chi connectivity index (χ4n) is 3.82. The Hall–Kier alpha value is -2.22. The molecule has 26 heavy (non-hydrogen) atoms. The van der Waals surface area contributed by atoms with Gasteiger partial charge in [0.05, 0.1) is 6.61 Å². The number of amides is 1. The highest BCUT2D eigenvalue weighted by Crippen LogP contribution is 2.33. The fourth-order valence-corrected chi connectivity index (χ4v) is 3.82. The summed E-state index contributed by atoms with van der Waals surface area (Å²) in [6.45, 7) is 1.21. The van der Waals surface area contributed by atoms with E-state index in [2.05, 4.69) is 15.3 Å². The lowest BCUT2D eigenvalue weighted by molar-refractivity contribution is 0.0550. The molecule has 0 aromatic carbocycles. The Morgan fingerprint density at radius 1 is 1.19 bits per heavy atom. The molecule has 1 aliphatic carbocycles. The van der Waals surface area contributed by atoms with Crippen LogP contribution >= 0.6 is 0 Å². The molecule has 4 rings (SSSR count). The van der Waals surface area contributed by atoms with Crippen LogP contribution in [0.5, 0.6) is 0 Å². The normalized spacial score (nSPS) is 20.2. The van der Waals surface area contributed by atoms with Gasteiger partial charge in [-0.3, -0.25) is 4.79 Å². The van der Waals surface area contributed by atoms with E-state index >= 15 is 0 Å². The Morgan fingerprint density at radius 2 is 2.08 bits per heavy atom. The van der Waals surface area contributed by atoms with Gasteiger partial charge in [-0.15, -0.1) is 0 Å². The third-order valence-electron chi connectivity index (χ3n) is 5.22. The first kappa shape index (κ1) is 17.2. The van der Waals surface area contributed by atoms with E-state index in [1.54, 1.807) is 7.11 Å². The van der Waals surface area contributed by atoms with E-state index in [0.29, 0.717) is 37.0 Å². The predicted octanol–water partition coefficient (Wildman–Crippen LogP) is 2.49. The molecule has 140 valence electrons. The van der Waals surface area contributed by atoms with E-state index in [0.717, 1.165) is 56.3 Å². The van der Waals surface area contributed by atoms with Crippen molar-refractivity contribution >= 4 is 5.91 Å². The van der Waals surface area contributed by atoms with Gasteiger partial charge in [0.2, 0.25) is 5.89 Å². The van der Waals surface area contributed by atoms with E-state index < -0.39 is 0 Å². The summed E-state index contributed by atoms with van der Waals surface area (Å²) in [6, 6.07) is -0.198. The van der Waals surface area contributed by atoms with Crippen molar-refractivity contribution < 1.29 is 18.6 Å². The molecule has 2 aliphatic rings. The highest BCUT2D eigenvalue weighted by atomic mass is 16.5. The van der Waals surface area contributed by atoms with Crippen molar-refractivity contribution in [2.75, 3.05) is 20.3 Å². The maximum Gasteiger partial charge on any atom is 0.277 e. The van der Waals surface area contributed by atoms with Crippen LogP contribution in [-0.2, 0) is 24.0 Å². The van der Waals surface area contributed by atoms with Gasteiger partial charge in [0, 0.05) is 32.1 Å². The standard InChI is InChI=1S/C18H24N4O4/c1-24-11-9-15-19-17(26-20-15)13-7-4-5-10-22(13)18(23)16-12-6-2-3-8-14(12)25-21-16/h13H,2-11H2,1H3/t13-/m1/s1. The van der Waals surface area contributed by atoms with Gasteiger partial charge >= 0.3 is 0 Å². The minimum Gasteiger partial charge on any atom is -0.384 e. The average molecular weight is 360 g/mol. The number of aryl methyl sites for hydroxylation is 1. The second kappa shape index (κ2) is 7.57. The molecule has 0 spiro atoms. The molecular weight excluding hydrogens is 336 g/mol. The van der Waals surface area contributed by atoms with Crippen LogP contribution in [0, 0.1) is 0 Å². The Balaban J connectivity index is 1.56. The monoisotopic (exact) mass is 360 g/mol. The van der Waals surface area contributed by atoms with Gasteiger partial charge in [0.15, 0.2) is 11.5 Å². The molecule has 8 nitrogen and oxygen atoms in total. The lowest BCUT2D eigenvalue weighted by Gasteiger charge is -2.33. The number of hydrogen-bond acceptors (Lipinski definition) is 7. The van der Waals surface area contributed by atoms with Gasteiger partial charge in [-0.2, -0.15) is 4.98 Å². The third-order valence-corrected chi connectivity index (χ3v) is 5.22. The average Bonchev–Trinajstić information content (AvgIpc) is 3.33. The molecule has 8 heteroatoms. The maximum atomic E-state index is 13.2. The minimum absolute atomic E-state index is 0.0850. The van der Waals surface area contributed by atoms with E-state index in [4.69, 9.17) is 13.8 Å². The molecular formula is C18H24N4O4. The van der Waals surface area contributed by atoms with Crippen molar-refractivity contribution in [1.29, 1.82) is 0 Å². The highest BCUT2D eigenvalue weighted by Gasteiger charge is 2.36. The summed E-state index contributed by atoms with van der Waals surface area (Å²) in [6.07, 6.45) is 7.30. The summed E-state index contributed by atoms with van der Waals surface area (Å²) < 4.78 is 15.9. The number of rotatable bonds is 5. The summed E-state index contributed by atoms with van der Waals surface area (Å²) in [4.78, 5) is 19.5. The Labute approximate surface area is 151 Å². The van der Waals surface area contributed by atoms with Crippen LogP contribution in [0.4, 0.5) is 0 Å². The highest BCUT2D eigenvalue weighted by molar-refractivity contribution is 5.94. The quantitative estimate of drug-likeness (QED) is 0.808. The molecule has 3 heterocycles. The van der Waals surface area contributed by atoms with Crippen LogP contribution in [0.15, 0.2) is 9.05 Å². The lowest BCUT2D eigenvalue weighted by Crippen LogP contribution is -2.39. The molecule has 2 aromatic rings. The second-order valence-electron chi connectivity index (χ2n) is 6.94. The first-order chi connectivity index (χ1) is 12.8. The number of piperidine rings is 1. The first-order valence-electron chi connectivity index (χ1n) is 9.37. The molecule has 0 saturated carbocycles. The van der Waals surface area contributed by atoms with Crippen molar-refractivity contribution in [3.05, 3.63) is 28.7 Å². The molecule has 0 bridgehead atoms. The molecule has 0 unspecified atom stereocenters. The number of likely N-dealkylation sites (tertiary alicyclic amines) is 1. The fraction of sp³-hybridized carbons (Fsp3) is 0.667. The number of carbonyl (C=O) groups excluding carboxylic acids is 1. The van der Waals surface area contributed by atoms with Gasteiger partial charge in [0.1, 0.15) is 11.8 Å². The van der Waals surface area contributed by atoms with Crippen LogP contribution in [0.3, 0.4) is 0 Å². The van der Waals surface area contributed by atoms with Crippen molar-refractivity contribution in [3.63, 3.8) is 0 Å². The third kappa shape index (κ3) is 3.25. The van der Waals surface area contributed by atoms with E-state index in [1.807, 2.05) is 4.90 Å². The first-order valence-corrected chi connectivity index (χ1v) is 9.37. The van der Waals surface area contributed by atoms with Crippen LogP contribution in [0.2, 0.25) is 0 Å². The summed E-state index contributed by atoms with van der Waals surface area (Å²) >= 11 is 0. The zero-order chi connectivity index (χ0) is 17.9. The SMILES string of the molecule is COCCc1noc([C@H]2CCCCN2C(=O)c2noc3c2CCCC3)n1. The van der Waals surface area contributed by atoms with Gasteiger partial charge in [-0.1, -0.05) is 10.3 Å². The van der Waals surface area contributed by atoms with E-state index in [1.165, 1.54) is 0 Å². The molecule has 1 atom stereocenters. The van der Waals surface area contributed by atoms with Crippen LogP contribution in [-0.4, -0.2) is 46.4 Å². The molecule has 1 aliphatic heterocycles. The zero-order valence-corrected chi connectivity index (χ0v) is 15.1. The number of fused-ring (bicyclic) bond motifs is 1. The van der Waals surface area contributed by atoms with E-state index in [9.17, 15) is 4.79 Å². The largest absolute Gasteiger partial charge is 0.384 e. The Bertz CT molecular complexity index is 769. The maximum absolute atomic E-state index is 13.2. The van der Waals surface area contributed by atoms with Crippen LogP contribution in [0.1, 0.15) is 71.7 Å². The number of carbonyl (C=O) groups is 1. The zero-order valence-electron chi connectivity index (χ0n) is 15.1. The van der Waals surface area contributed by atoms with Gasteiger partial charge < -0.3 is 18.7 Å². The Kier molecular flexibility index (Phi) is 5.01. The minimum atomic E-state index is -0.198. The van der Waals surface area contributed by atoms with Crippen LogP contribution in [0.25, 0.3) is 0 Å². The molecule has 1 saturated heterocycles. The number of aromatic nitrogens is 3. The summed E-state index contributed by atoms with van der Waals surface area (Å²) in [5.74, 6) is 1.89. The van der Waals surface area contributed by atoms with Crippen molar-refractivity contribution in [2.24, 2.45) is 0 Å². The number of hydrogen-bond donors (Lipinski definition) is 0. The molecule has 2 aromatic heterocycles. The lowest BCUT2D eigenvalue weighted by atomic mass is 9.95. The van der Waals surface area contributed by atoms with Gasteiger partial charge in [-0.25, -0.2) is 0 Å². The van der Waals surface area contributed by atoms with Crippen molar-refractivity contribution in [1.82, 2.24) is 20.2 Å². The predicted molar refractivity (Wildman–Crippen MR) is 90.7 cm³/mol. The molecule has 0 N–H and O–H groups in total. The Morgan fingerprint density at radius 3 is 2.96 bits per heavy atom. The topological polar surface area (TPSA) is 94.5 Å². The number of methoxy groups -OCH3 is 1. The van der Waals surface area contributed by atoms with Crippen molar-refractivity contribution in [2.45, 2.75) is 57.4 Å².